The van der Waals surface area contributed by atoms with Gasteiger partial charge >= 0.3 is 0 Å². The summed E-state index contributed by atoms with van der Waals surface area (Å²) in [6.07, 6.45) is 0. The maximum Gasteiger partial charge on any atom is 0.143 e. The molecule has 1 heterocycles. The minimum Gasteiger partial charge on any atom is -0.455 e. The van der Waals surface area contributed by atoms with E-state index in [1.807, 2.05) is 48.5 Å². The van der Waals surface area contributed by atoms with Crippen molar-refractivity contribution in [3.05, 3.63) is 157 Å². The smallest absolute Gasteiger partial charge is 0.143 e. The molecular weight excluding hydrogens is 496 g/mol. The molecule has 41 heavy (non-hydrogen) atoms. The van der Waals surface area contributed by atoms with Gasteiger partial charge in [-0.2, -0.15) is 0 Å². The third-order valence-corrected chi connectivity index (χ3v) is 7.21. The quantitative estimate of drug-likeness (QED) is 0.204. The second-order valence-corrected chi connectivity index (χ2v) is 9.50. The van der Waals surface area contributed by atoms with E-state index in [1.54, 1.807) is 30.3 Å². The van der Waals surface area contributed by atoms with Gasteiger partial charge in [0.25, 0.3) is 0 Å². The van der Waals surface area contributed by atoms with E-state index in [4.69, 9.17) is 16.8 Å². The lowest BCUT2D eigenvalue weighted by Gasteiger charge is -2.18. The van der Waals surface area contributed by atoms with Crippen LogP contribution in [0.25, 0.3) is 77.2 Å². The van der Waals surface area contributed by atoms with Crippen molar-refractivity contribution in [3.8, 4) is 44.7 Å². The molecule has 0 saturated carbocycles. The van der Waals surface area contributed by atoms with Gasteiger partial charge in [-0.3, -0.25) is 0 Å². The molecule has 8 aromatic rings. The first-order valence-corrected chi connectivity index (χ1v) is 13.0. The molecule has 1 aromatic heterocycles. The summed E-state index contributed by atoms with van der Waals surface area (Å²) in [5.41, 5.74) is 2.18. The SMILES string of the molecule is [2H]c1c([2H])c([2H])c(-c2c3c([2H])c([2H])c([2H])c([2H])c3c(-c3c(-c4ccccc4)oc4cc(-c5ccccc5)ccc34)c3c([2H])c([2H])c([2H])c([2H])c23)c([2H])c1[2H]. The van der Waals surface area contributed by atoms with Gasteiger partial charge in [0.05, 0.1) is 17.8 Å². The van der Waals surface area contributed by atoms with Gasteiger partial charge in [0.2, 0.25) is 0 Å². The van der Waals surface area contributed by atoms with Gasteiger partial charge in [-0.05, 0) is 55.9 Å². The molecule has 7 aromatic carbocycles. The monoisotopic (exact) mass is 535 g/mol. The molecule has 0 unspecified atom stereocenters. The maximum atomic E-state index is 9.37. The lowest BCUT2D eigenvalue weighted by atomic mass is 9.84. The van der Waals surface area contributed by atoms with Gasteiger partial charge in [0.1, 0.15) is 11.3 Å². The van der Waals surface area contributed by atoms with Crippen molar-refractivity contribution in [1.29, 1.82) is 0 Å². The predicted octanol–water partition coefficient (Wildman–Crippen LogP) is 11.4. The predicted molar refractivity (Wildman–Crippen MR) is 173 cm³/mol. The molecule has 0 bridgehead atoms. The third-order valence-electron chi connectivity index (χ3n) is 7.21. The molecule has 0 aliphatic carbocycles. The molecule has 0 saturated heterocycles. The molecule has 0 fully saturated rings. The van der Waals surface area contributed by atoms with Crippen molar-refractivity contribution in [2.75, 3.05) is 0 Å². The van der Waals surface area contributed by atoms with Crippen LogP contribution in [0.4, 0.5) is 0 Å². The number of fused-ring (bicyclic) bond motifs is 3. The van der Waals surface area contributed by atoms with Gasteiger partial charge in [-0.1, -0.05) is 145 Å². The minimum atomic E-state index is -0.723. The van der Waals surface area contributed by atoms with Crippen LogP contribution in [0.15, 0.2) is 162 Å². The van der Waals surface area contributed by atoms with Crippen molar-refractivity contribution in [1.82, 2.24) is 0 Å². The van der Waals surface area contributed by atoms with E-state index in [1.165, 1.54) is 0 Å². The lowest BCUT2D eigenvalue weighted by molar-refractivity contribution is 0.632. The summed E-state index contributed by atoms with van der Waals surface area (Å²) < 4.78 is 122. The van der Waals surface area contributed by atoms with Crippen molar-refractivity contribution >= 4 is 32.5 Å². The zero-order valence-electron chi connectivity index (χ0n) is 34.4. The lowest BCUT2D eigenvalue weighted by Crippen LogP contribution is -1.91. The number of hydrogen-bond donors (Lipinski definition) is 0. The maximum absolute atomic E-state index is 9.37. The zero-order chi connectivity index (χ0) is 38.5. The topological polar surface area (TPSA) is 13.1 Å². The number of rotatable bonds is 4. The fraction of sp³-hybridized carbons (Fsp3) is 0. The molecule has 1 heteroatoms. The Morgan fingerprint density at radius 1 is 0.390 bits per heavy atom. The Bertz CT molecular complexity index is 2790. The van der Waals surface area contributed by atoms with Crippen LogP contribution in [0.5, 0.6) is 0 Å². The molecule has 192 valence electrons. The molecule has 0 N–H and O–H groups in total. The first kappa shape index (κ1) is 13.8. The van der Waals surface area contributed by atoms with Crippen LogP contribution < -0.4 is 0 Å². The Labute approximate surface area is 257 Å². The van der Waals surface area contributed by atoms with Crippen molar-refractivity contribution < 1.29 is 22.2 Å². The highest BCUT2D eigenvalue weighted by Gasteiger charge is 2.24. The zero-order valence-corrected chi connectivity index (χ0v) is 21.4. The fourth-order valence-electron chi connectivity index (χ4n) is 5.45. The van der Waals surface area contributed by atoms with Crippen LogP contribution in [0.1, 0.15) is 17.8 Å². The summed E-state index contributed by atoms with van der Waals surface area (Å²) >= 11 is 0. The van der Waals surface area contributed by atoms with E-state index in [0.717, 1.165) is 11.1 Å². The average Bonchev–Trinajstić information content (AvgIpc) is 3.57. The van der Waals surface area contributed by atoms with Crippen LogP contribution >= 0.6 is 0 Å². The average molecular weight is 536 g/mol. The molecule has 0 amide bonds. The Balaban J connectivity index is 1.70. The highest BCUT2D eigenvalue weighted by atomic mass is 16.3. The molecule has 8 rings (SSSR count). The highest BCUT2D eigenvalue weighted by molar-refractivity contribution is 6.24. The summed E-state index contributed by atoms with van der Waals surface area (Å²) in [6.45, 7) is 0. The standard InChI is InChI=1S/C40H26O/c1-4-14-27(15-5-1)30-24-25-35-36(26-30)41-40(29-18-8-3-9-19-29)39(35)38-33-22-12-10-20-31(33)37(28-16-6-2-7-17-28)32-21-11-13-23-34(32)38/h1-26H/i2D,6D,7D,10D,11D,12D,13D,16D,17D,20D,21D,22D,23D. The molecular formula is C40H26O. The van der Waals surface area contributed by atoms with Gasteiger partial charge in [-0.25, -0.2) is 0 Å². The third kappa shape index (κ3) is 3.86. The molecule has 1 nitrogen and oxygen atoms in total. The van der Waals surface area contributed by atoms with Crippen molar-refractivity contribution in [2.24, 2.45) is 0 Å². The van der Waals surface area contributed by atoms with E-state index in [2.05, 4.69) is 0 Å². The first-order valence-electron chi connectivity index (χ1n) is 19.5. The Morgan fingerprint density at radius 2 is 0.927 bits per heavy atom. The number of hydrogen-bond acceptors (Lipinski definition) is 1. The summed E-state index contributed by atoms with van der Waals surface area (Å²) in [5.74, 6) is 0.258. The second kappa shape index (κ2) is 9.66. The minimum absolute atomic E-state index is 0.0141. The van der Waals surface area contributed by atoms with Gasteiger partial charge in [0, 0.05) is 22.1 Å². The Kier molecular flexibility index (Phi) is 3.25. The van der Waals surface area contributed by atoms with Crippen LogP contribution in [0, 0.1) is 0 Å². The van der Waals surface area contributed by atoms with E-state index >= 15 is 0 Å². The highest BCUT2D eigenvalue weighted by Crippen LogP contribution is 2.49. The van der Waals surface area contributed by atoms with Crippen LogP contribution in [0.3, 0.4) is 0 Å². The van der Waals surface area contributed by atoms with E-state index in [9.17, 15) is 5.48 Å². The summed E-state index contributed by atoms with van der Waals surface area (Å²) in [7, 11) is 0. The van der Waals surface area contributed by atoms with Crippen LogP contribution in [-0.2, 0) is 0 Å². The largest absolute Gasteiger partial charge is 0.455 e. The molecule has 0 atom stereocenters. The Morgan fingerprint density at radius 3 is 1.54 bits per heavy atom. The molecule has 0 aliphatic heterocycles. The fourth-order valence-corrected chi connectivity index (χ4v) is 5.45. The summed E-state index contributed by atoms with van der Waals surface area (Å²) in [5, 5.41) is -0.422. The van der Waals surface area contributed by atoms with Crippen molar-refractivity contribution in [3.63, 3.8) is 0 Å². The molecule has 0 aliphatic rings. The van der Waals surface area contributed by atoms with E-state index in [0.29, 0.717) is 16.5 Å². The normalized spacial score (nSPS) is 15.9. The molecule has 0 spiro atoms. The van der Waals surface area contributed by atoms with Crippen molar-refractivity contribution in [2.45, 2.75) is 0 Å². The van der Waals surface area contributed by atoms with E-state index < -0.39 is 84.1 Å². The number of benzene rings is 7. The van der Waals surface area contributed by atoms with E-state index in [-0.39, 0.29) is 44.0 Å². The Hall–Kier alpha value is -5.40. The van der Waals surface area contributed by atoms with Gasteiger partial charge in [-0.15, -0.1) is 0 Å². The number of furan rings is 1. The van der Waals surface area contributed by atoms with Crippen LogP contribution in [0.2, 0.25) is 0 Å². The van der Waals surface area contributed by atoms with Crippen LogP contribution in [-0.4, -0.2) is 0 Å². The summed E-state index contributed by atoms with van der Waals surface area (Å²) in [6, 6.07) is 15.5. The van der Waals surface area contributed by atoms with Gasteiger partial charge < -0.3 is 4.42 Å². The summed E-state index contributed by atoms with van der Waals surface area (Å²) in [4.78, 5) is 0. The molecule has 0 radical (unpaired) electrons. The van der Waals surface area contributed by atoms with Gasteiger partial charge in [0.15, 0.2) is 0 Å². The first-order chi connectivity index (χ1) is 25.8. The second-order valence-electron chi connectivity index (χ2n) is 9.50.